The number of rotatable bonds is 3. The first-order valence-electron chi connectivity index (χ1n) is 5.79. The van der Waals surface area contributed by atoms with Gasteiger partial charge in [0.25, 0.3) is 0 Å². The van der Waals surface area contributed by atoms with Crippen molar-refractivity contribution in [1.82, 2.24) is 0 Å². The molecule has 0 fully saturated rings. The number of carbonyl (C=O) groups is 2. The number of nitrogens with zero attached hydrogens (tertiary/aromatic N) is 1. The molecule has 0 unspecified atom stereocenters. The minimum absolute atomic E-state index is 0. The minimum Gasteiger partial charge on any atom is -1.00 e. The van der Waals surface area contributed by atoms with Gasteiger partial charge >= 0.3 is 41.6 Å². The van der Waals surface area contributed by atoms with E-state index in [-0.39, 0.29) is 36.5 Å². The molecule has 7 nitrogen and oxygen atoms in total. The molecule has 0 heterocycles. The van der Waals surface area contributed by atoms with Crippen LogP contribution < -0.4 is 34.9 Å². The monoisotopic (exact) mass is 304 g/mol. The number of ether oxygens (including phenoxy) is 1. The third-order valence-corrected chi connectivity index (χ3v) is 2.11. The van der Waals surface area contributed by atoms with Gasteiger partial charge in [0, 0.05) is 11.3 Å². The Morgan fingerprint density at radius 2 is 1.76 bits per heavy atom. The van der Waals surface area contributed by atoms with E-state index in [0.717, 1.165) is 0 Å². The third-order valence-electron chi connectivity index (χ3n) is 2.11. The first kappa shape index (κ1) is 19.4. The normalized spacial score (nSPS) is 11.3. The molecule has 0 saturated carbocycles. The predicted octanol–water partition coefficient (Wildman–Crippen LogP) is -0.587. The van der Waals surface area contributed by atoms with Crippen LogP contribution in [0.3, 0.4) is 0 Å². The number of hydrogen-bond acceptors (Lipinski definition) is 5. The molecular weight excluding hydrogens is 287 g/mol. The number of anilines is 1. The SMILES string of the molecule is CC(C)(C)OC(=O)Nc1ccc(C(=NO)C(=O)O)cc1.[H-].[Na+]. The topological polar surface area (TPSA) is 108 Å². The molecule has 1 amide bonds. The number of aliphatic carboxylic acids is 1. The van der Waals surface area contributed by atoms with Gasteiger partial charge in [0.15, 0.2) is 5.71 Å². The van der Waals surface area contributed by atoms with Crippen LogP contribution in [-0.2, 0) is 9.53 Å². The molecule has 0 aliphatic carbocycles. The van der Waals surface area contributed by atoms with E-state index >= 15 is 0 Å². The van der Waals surface area contributed by atoms with E-state index in [1.165, 1.54) is 24.3 Å². The van der Waals surface area contributed by atoms with Crippen LogP contribution in [0.1, 0.15) is 27.8 Å². The molecule has 1 aromatic rings. The summed E-state index contributed by atoms with van der Waals surface area (Å²) in [4.78, 5) is 22.3. The van der Waals surface area contributed by atoms with Crippen molar-refractivity contribution in [2.75, 3.05) is 5.32 Å². The van der Waals surface area contributed by atoms with Crippen LogP contribution in [0.15, 0.2) is 29.4 Å². The Morgan fingerprint density at radius 3 is 2.14 bits per heavy atom. The van der Waals surface area contributed by atoms with Gasteiger partial charge in [-0.3, -0.25) is 5.32 Å². The number of hydrogen-bond donors (Lipinski definition) is 3. The smallest absolute Gasteiger partial charge is 1.00 e. The van der Waals surface area contributed by atoms with E-state index in [1.54, 1.807) is 20.8 Å². The minimum atomic E-state index is -1.35. The van der Waals surface area contributed by atoms with E-state index in [0.29, 0.717) is 5.69 Å². The van der Waals surface area contributed by atoms with Crippen LogP contribution in [0.4, 0.5) is 10.5 Å². The van der Waals surface area contributed by atoms with Gasteiger partial charge in [0.05, 0.1) is 0 Å². The quantitative estimate of drug-likeness (QED) is 0.299. The van der Waals surface area contributed by atoms with Gasteiger partial charge in [0.2, 0.25) is 0 Å². The van der Waals surface area contributed by atoms with Gasteiger partial charge in [-0.15, -0.1) is 0 Å². The molecule has 1 rings (SSSR count). The molecule has 3 N–H and O–H groups in total. The Morgan fingerprint density at radius 1 is 1.24 bits per heavy atom. The predicted molar refractivity (Wildman–Crippen MR) is 73.4 cm³/mol. The van der Waals surface area contributed by atoms with Gasteiger partial charge in [-0.2, -0.15) is 0 Å². The zero-order valence-electron chi connectivity index (χ0n) is 13.4. The number of oxime groups is 1. The number of carbonyl (C=O) groups excluding carboxylic acids is 1. The second kappa shape index (κ2) is 8.02. The summed E-state index contributed by atoms with van der Waals surface area (Å²) in [6.07, 6.45) is -0.612. The number of nitrogens with one attached hydrogen (secondary N) is 1. The Bertz CT molecular complexity index is 540. The van der Waals surface area contributed by atoms with E-state index in [9.17, 15) is 9.59 Å². The van der Waals surface area contributed by atoms with Gasteiger partial charge in [0.1, 0.15) is 5.60 Å². The van der Waals surface area contributed by atoms with Crippen LogP contribution in [0.2, 0.25) is 0 Å². The summed E-state index contributed by atoms with van der Waals surface area (Å²) in [6.45, 7) is 5.23. The average Bonchev–Trinajstić information content (AvgIpc) is 2.29. The van der Waals surface area contributed by atoms with Crippen LogP contribution >= 0.6 is 0 Å². The zero-order valence-corrected chi connectivity index (χ0v) is 14.4. The average molecular weight is 304 g/mol. The fraction of sp³-hybridized carbons (Fsp3) is 0.308. The second-order valence-electron chi connectivity index (χ2n) is 4.96. The maximum absolute atomic E-state index is 11.5. The molecule has 0 radical (unpaired) electrons. The fourth-order valence-corrected chi connectivity index (χ4v) is 1.36. The summed E-state index contributed by atoms with van der Waals surface area (Å²) in [6, 6.07) is 5.78. The summed E-state index contributed by atoms with van der Waals surface area (Å²) in [5.41, 5.74) is -0.432. The van der Waals surface area contributed by atoms with Crippen LogP contribution in [0.25, 0.3) is 0 Å². The maximum Gasteiger partial charge on any atom is 1.00 e. The van der Waals surface area contributed by atoms with Crippen LogP contribution in [0.5, 0.6) is 0 Å². The molecule has 110 valence electrons. The van der Waals surface area contributed by atoms with Crippen molar-refractivity contribution in [2.45, 2.75) is 26.4 Å². The summed E-state index contributed by atoms with van der Waals surface area (Å²) >= 11 is 0. The first-order chi connectivity index (χ1) is 9.23. The molecule has 0 spiro atoms. The van der Waals surface area contributed by atoms with Crippen molar-refractivity contribution in [1.29, 1.82) is 0 Å². The molecule has 1 aromatic carbocycles. The molecule has 0 bridgehead atoms. The summed E-state index contributed by atoms with van der Waals surface area (Å²) in [7, 11) is 0. The van der Waals surface area contributed by atoms with Crippen molar-refractivity contribution in [2.24, 2.45) is 5.16 Å². The molecule has 8 heteroatoms. The largest absolute Gasteiger partial charge is 1.00 e. The van der Waals surface area contributed by atoms with Crippen molar-refractivity contribution in [3.63, 3.8) is 0 Å². The van der Waals surface area contributed by atoms with Gasteiger partial charge in [-0.25, -0.2) is 9.59 Å². The van der Waals surface area contributed by atoms with Crippen molar-refractivity contribution in [3.05, 3.63) is 29.8 Å². The third kappa shape index (κ3) is 6.61. The Labute approximate surface area is 145 Å². The molecule has 21 heavy (non-hydrogen) atoms. The van der Waals surface area contributed by atoms with Gasteiger partial charge in [-0.05, 0) is 32.9 Å². The van der Waals surface area contributed by atoms with E-state index in [4.69, 9.17) is 15.1 Å². The Hall–Kier alpha value is -1.57. The Balaban J connectivity index is 0. The van der Waals surface area contributed by atoms with Crippen LogP contribution in [-0.4, -0.2) is 33.7 Å². The molecule has 0 saturated heterocycles. The van der Waals surface area contributed by atoms with E-state index < -0.39 is 23.4 Å². The molecule has 0 atom stereocenters. The second-order valence-corrected chi connectivity index (χ2v) is 4.96. The molecule has 0 aliphatic heterocycles. The van der Waals surface area contributed by atoms with Crippen molar-refractivity contribution in [3.8, 4) is 0 Å². The summed E-state index contributed by atoms with van der Waals surface area (Å²) in [5, 5.41) is 22.6. The molecular formula is C13H17N2NaO5. The standard InChI is InChI=1S/C13H16N2O5.Na.H/c1-13(2,3)20-12(18)14-9-6-4-8(5-7-9)10(15-19)11(16)17;;/h4-7,19H,1-3H3,(H,14,18)(H,16,17);;/q;+1;-1. The number of carboxylic acids is 1. The number of amides is 1. The maximum atomic E-state index is 11.5. The molecule has 0 aliphatic rings. The Kier molecular flexibility index (Phi) is 7.42. The van der Waals surface area contributed by atoms with E-state index in [2.05, 4.69) is 10.5 Å². The number of benzene rings is 1. The molecule has 0 aromatic heterocycles. The van der Waals surface area contributed by atoms with E-state index in [1.807, 2.05) is 0 Å². The first-order valence-corrected chi connectivity index (χ1v) is 5.79. The summed E-state index contributed by atoms with van der Waals surface area (Å²) in [5.74, 6) is -1.35. The van der Waals surface area contributed by atoms with Crippen molar-refractivity contribution >= 4 is 23.5 Å². The van der Waals surface area contributed by atoms with Crippen LogP contribution in [0, 0.1) is 0 Å². The summed E-state index contributed by atoms with van der Waals surface area (Å²) < 4.78 is 5.07. The zero-order chi connectivity index (χ0) is 15.3. The fourth-order valence-electron chi connectivity index (χ4n) is 1.36. The number of carboxylic acid groups (broad SMARTS) is 1. The van der Waals surface area contributed by atoms with Crippen molar-refractivity contribution < 1.29 is 55.6 Å². The van der Waals surface area contributed by atoms with Gasteiger partial charge in [-0.1, -0.05) is 17.3 Å². The van der Waals surface area contributed by atoms with Gasteiger partial charge < -0.3 is 16.5 Å².